The van der Waals surface area contributed by atoms with Gasteiger partial charge in [-0.15, -0.1) is 0 Å². The summed E-state index contributed by atoms with van der Waals surface area (Å²) in [6.07, 6.45) is -2.87. The van der Waals surface area contributed by atoms with Crippen molar-refractivity contribution < 1.29 is 45.3 Å². The molecular weight excluding hydrogens is 721 g/mol. The predicted molar refractivity (Wildman–Crippen MR) is 121 cm³/mol. The molecule has 1 rings (SSSR count). The highest BCUT2D eigenvalue weighted by molar-refractivity contribution is 14.1. The summed E-state index contributed by atoms with van der Waals surface area (Å²) in [6, 6.07) is 0. The lowest BCUT2D eigenvalue weighted by Gasteiger charge is -2.51. The number of nitrogens with two attached hydrogens (primary N) is 1. The molecule has 0 spiro atoms. The molecule has 0 aromatic heterocycles. The summed E-state index contributed by atoms with van der Waals surface area (Å²) in [5.41, 5.74) is 2.62. The molecule has 160 valence electrons. The average molecular weight is 740 g/mol. The van der Waals surface area contributed by atoms with Gasteiger partial charge in [-0.25, -0.2) is 9.59 Å². The molecule has 4 atom stereocenters. The molecule has 0 radical (unpaired) electrons. The molecule has 4 unspecified atom stereocenters. The van der Waals surface area contributed by atoms with E-state index in [0.717, 1.165) is 4.90 Å². The minimum absolute atomic E-state index is 0.186. The first-order valence-electron chi connectivity index (χ1n) is 7.57. The second kappa shape index (κ2) is 10.1. The number of rotatable bonds is 9. The van der Waals surface area contributed by atoms with E-state index in [4.69, 9.17) is 15.9 Å². The molecule has 0 aromatic carbocycles. The van der Waals surface area contributed by atoms with Crippen molar-refractivity contribution in [3.63, 3.8) is 0 Å². The highest BCUT2D eigenvalue weighted by atomic mass is 127. The van der Waals surface area contributed by atoms with Crippen molar-refractivity contribution >= 4 is 79.7 Å². The van der Waals surface area contributed by atoms with Crippen LogP contribution in [-0.2, 0) is 9.59 Å². The molecule has 0 aromatic rings. The van der Waals surface area contributed by atoms with Crippen molar-refractivity contribution in [2.75, 3.05) is 26.3 Å². The number of carbonyl (C=O) groups is 2. The van der Waals surface area contributed by atoms with Gasteiger partial charge in [0, 0.05) is 16.7 Å². The standard InChI is InChI=1S/C14H19I3N2O9/c15-9-7(11(24)25)10(16)14(28,13(17,18)8(9)12(26)27)19(1-5(22)3-20)2-6(23)4-21/h5-6,20-23,28H,1-4,18H2,(H,24,25)(H,26,27). The zero-order valence-corrected chi connectivity index (χ0v) is 20.6. The number of hydrogen-bond donors (Lipinski definition) is 8. The quantitative estimate of drug-likeness (QED) is 0.0582. The predicted octanol–water partition coefficient (Wildman–Crippen LogP) is -1.67. The van der Waals surface area contributed by atoms with Gasteiger partial charge in [-0.3, -0.25) is 4.90 Å². The van der Waals surface area contributed by atoms with E-state index in [1.165, 1.54) is 67.8 Å². The molecule has 1 aliphatic carbocycles. The van der Waals surface area contributed by atoms with Crippen molar-refractivity contribution in [3.8, 4) is 0 Å². The zero-order valence-electron chi connectivity index (χ0n) is 14.1. The van der Waals surface area contributed by atoms with Gasteiger partial charge in [-0.2, -0.15) is 0 Å². The third-order valence-electron chi connectivity index (χ3n) is 4.00. The fraction of sp³-hybridized carbons (Fsp3) is 0.571. The molecule has 9 N–H and O–H groups in total. The van der Waals surface area contributed by atoms with Crippen LogP contribution in [0.15, 0.2) is 18.3 Å². The number of nitrogens with zero attached hydrogens (tertiary/aromatic N) is 1. The van der Waals surface area contributed by atoms with Crippen molar-refractivity contribution in [2.24, 2.45) is 5.73 Å². The summed E-state index contributed by atoms with van der Waals surface area (Å²) in [5, 5.41) is 68.8. The zero-order chi connectivity index (χ0) is 22.0. The Bertz CT molecular complexity index is 700. The SMILES string of the molecule is NC1(I)C(C(=O)O)=C(I)C(C(=O)O)=C(I)C1(O)N(CC(O)CO)CC(O)CO. The molecule has 0 aliphatic heterocycles. The van der Waals surface area contributed by atoms with Gasteiger partial charge >= 0.3 is 11.9 Å². The Morgan fingerprint density at radius 2 is 1.46 bits per heavy atom. The highest BCUT2D eigenvalue weighted by Crippen LogP contribution is 2.52. The highest BCUT2D eigenvalue weighted by Gasteiger charge is 2.61. The number of aliphatic hydroxyl groups excluding tert-OH is 4. The normalized spacial score (nSPS) is 27.9. The first-order valence-corrected chi connectivity index (χ1v) is 10.8. The maximum Gasteiger partial charge on any atom is 0.337 e. The van der Waals surface area contributed by atoms with Gasteiger partial charge in [0.1, 0.15) is 3.55 Å². The number of carboxylic acid groups (broad SMARTS) is 2. The second-order valence-electron chi connectivity index (χ2n) is 5.95. The average Bonchev–Trinajstić information content (AvgIpc) is 2.57. The lowest BCUT2D eigenvalue weighted by atomic mass is 9.85. The maximum absolute atomic E-state index is 11.8. The van der Waals surface area contributed by atoms with Crippen LogP contribution < -0.4 is 5.73 Å². The summed E-state index contributed by atoms with van der Waals surface area (Å²) in [4.78, 5) is 24.6. The Morgan fingerprint density at radius 3 is 1.79 bits per heavy atom. The largest absolute Gasteiger partial charge is 0.478 e. The third kappa shape index (κ3) is 4.80. The van der Waals surface area contributed by atoms with E-state index in [9.17, 15) is 35.1 Å². The molecule has 0 saturated heterocycles. The van der Waals surface area contributed by atoms with Crippen LogP contribution in [0.4, 0.5) is 0 Å². The fourth-order valence-electron chi connectivity index (χ4n) is 2.66. The molecular formula is C14H19I3N2O9. The smallest absolute Gasteiger partial charge is 0.337 e. The summed E-state index contributed by atoms with van der Waals surface area (Å²) < 4.78 is -2.56. The summed E-state index contributed by atoms with van der Waals surface area (Å²) in [7, 11) is 0. The Hall–Kier alpha value is 0.330. The molecule has 0 heterocycles. The number of halogens is 3. The van der Waals surface area contributed by atoms with E-state index in [2.05, 4.69) is 0 Å². The van der Waals surface area contributed by atoms with E-state index in [1.54, 1.807) is 0 Å². The monoisotopic (exact) mass is 740 g/mol. The van der Waals surface area contributed by atoms with Gasteiger partial charge in [-0.1, -0.05) is 22.6 Å². The van der Waals surface area contributed by atoms with Gasteiger partial charge in [0.15, 0.2) is 5.72 Å². The van der Waals surface area contributed by atoms with Crippen LogP contribution in [0.5, 0.6) is 0 Å². The number of aliphatic hydroxyl groups is 5. The Morgan fingerprint density at radius 1 is 1.04 bits per heavy atom. The van der Waals surface area contributed by atoms with Crippen LogP contribution in [0.3, 0.4) is 0 Å². The second-order valence-corrected chi connectivity index (χ2v) is 9.81. The first-order chi connectivity index (χ1) is 12.8. The minimum atomic E-state index is -2.50. The maximum atomic E-state index is 11.8. The van der Waals surface area contributed by atoms with Crippen LogP contribution in [0.25, 0.3) is 0 Å². The molecule has 11 nitrogen and oxygen atoms in total. The van der Waals surface area contributed by atoms with Crippen molar-refractivity contribution in [2.45, 2.75) is 21.5 Å². The molecule has 28 heavy (non-hydrogen) atoms. The Balaban J connectivity index is 3.81. The van der Waals surface area contributed by atoms with Crippen LogP contribution in [0, 0.1) is 0 Å². The summed E-state index contributed by atoms with van der Waals surface area (Å²) in [5.74, 6) is -3.07. The summed E-state index contributed by atoms with van der Waals surface area (Å²) in [6.45, 7) is -2.47. The van der Waals surface area contributed by atoms with Crippen LogP contribution in [0.1, 0.15) is 0 Å². The van der Waals surface area contributed by atoms with Gasteiger partial charge in [0.25, 0.3) is 0 Å². The fourth-order valence-corrected chi connectivity index (χ4v) is 7.74. The Kier molecular flexibility index (Phi) is 9.50. The topological polar surface area (TPSA) is 205 Å². The summed E-state index contributed by atoms with van der Waals surface area (Å²) >= 11 is 4.51. The van der Waals surface area contributed by atoms with Crippen LogP contribution in [0.2, 0.25) is 0 Å². The molecule has 0 saturated carbocycles. The van der Waals surface area contributed by atoms with Crippen LogP contribution >= 0.6 is 67.8 Å². The van der Waals surface area contributed by atoms with Crippen molar-refractivity contribution in [1.82, 2.24) is 4.90 Å². The van der Waals surface area contributed by atoms with Crippen molar-refractivity contribution in [3.05, 3.63) is 18.3 Å². The molecule has 14 heteroatoms. The first kappa shape index (κ1) is 26.4. The third-order valence-corrected chi connectivity index (χ3v) is 7.67. The number of hydrogen-bond acceptors (Lipinski definition) is 9. The molecule has 0 fully saturated rings. The van der Waals surface area contributed by atoms with E-state index in [0.29, 0.717) is 0 Å². The van der Waals surface area contributed by atoms with E-state index in [-0.39, 0.29) is 7.16 Å². The number of carboxylic acids is 2. The van der Waals surface area contributed by atoms with E-state index in [1.807, 2.05) is 0 Å². The van der Waals surface area contributed by atoms with Gasteiger partial charge in [0.05, 0.1) is 40.1 Å². The lowest BCUT2D eigenvalue weighted by Crippen LogP contribution is -2.71. The van der Waals surface area contributed by atoms with Gasteiger partial charge in [0.2, 0.25) is 0 Å². The van der Waals surface area contributed by atoms with Gasteiger partial charge in [-0.05, 0) is 45.2 Å². The minimum Gasteiger partial charge on any atom is -0.478 e. The molecule has 0 amide bonds. The van der Waals surface area contributed by atoms with Gasteiger partial charge < -0.3 is 41.5 Å². The van der Waals surface area contributed by atoms with Crippen LogP contribution in [-0.4, -0.2) is 100 Å². The lowest BCUT2D eigenvalue weighted by molar-refractivity contribution is -0.140. The van der Waals surface area contributed by atoms with Crippen molar-refractivity contribution in [1.29, 1.82) is 0 Å². The number of alkyl halides is 1. The molecule has 0 bridgehead atoms. The van der Waals surface area contributed by atoms with E-state index >= 15 is 0 Å². The molecule has 1 aliphatic rings. The Labute approximate surface area is 200 Å². The number of aliphatic carboxylic acids is 2. The van der Waals surface area contributed by atoms with E-state index < -0.39 is 70.9 Å².